The Labute approximate surface area is 94.3 Å². The van der Waals surface area contributed by atoms with Gasteiger partial charge in [-0.1, -0.05) is 18.2 Å². The molecule has 1 aromatic heterocycles. The normalized spacial score (nSPS) is 18.2. The van der Waals surface area contributed by atoms with Gasteiger partial charge in [0, 0.05) is 31.6 Å². The number of nitrogens with one attached hydrogen (secondary N) is 1. The number of nitrogens with zero attached hydrogens (tertiary/aromatic N) is 3. The Kier molecular flexibility index (Phi) is 2.13. The van der Waals surface area contributed by atoms with Gasteiger partial charge in [-0.25, -0.2) is 4.98 Å². The van der Waals surface area contributed by atoms with Gasteiger partial charge < -0.3 is 5.32 Å². The van der Waals surface area contributed by atoms with E-state index < -0.39 is 0 Å². The summed E-state index contributed by atoms with van der Waals surface area (Å²) in [6.07, 6.45) is 2.56. The lowest BCUT2D eigenvalue weighted by molar-refractivity contribution is 0.643. The first-order valence-electron chi connectivity index (χ1n) is 5.50. The molecular weight excluding hydrogens is 200 g/mol. The van der Waals surface area contributed by atoms with Crippen molar-refractivity contribution in [3.05, 3.63) is 42.0 Å². The highest BCUT2D eigenvalue weighted by Gasteiger charge is 2.23. The van der Waals surface area contributed by atoms with Crippen LogP contribution < -0.4 is 5.32 Å². The van der Waals surface area contributed by atoms with Gasteiger partial charge in [-0.05, 0) is 11.6 Å². The lowest BCUT2D eigenvalue weighted by Crippen LogP contribution is -2.09. The summed E-state index contributed by atoms with van der Waals surface area (Å²) in [5.41, 5.74) is 2.65. The first-order chi connectivity index (χ1) is 7.84. The Morgan fingerprint density at radius 3 is 3.12 bits per heavy atom. The van der Waals surface area contributed by atoms with Gasteiger partial charge in [0.05, 0.1) is 0 Å². The third-order valence-corrected chi connectivity index (χ3v) is 3.17. The van der Waals surface area contributed by atoms with Crippen molar-refractivity contribution < 1.29 is 0 Å². The Balaban J connectivity index is 1.86. The number of aromatic nitrogens is 3. The maximum absolute atomic E-state index is 4.28. The largest absolute Gasteiger partial charge is 0.384 e. The monoisotopic (exact) mass is 214 g/mol. The number of aryl methyl sites for hydroxylation is 1. The molecule has 2 heterocycles. The summed E-state index contributed by atoms with van der Waals surface area (Å²) in [4.78, 5) is 4.28. The van der Waals surface area contributed by atoms with E-state index in [1.165, 1.54) is 11.3 Å². The Bertz CT molecular complexity index is 503. The van der Waals surface area contributed by atoms with E-state index in [4.69, 9.17) is 0 Å². The Morgan fingerprint density at radius 1 is 1.44 bits per heavy atom. The van der Waals surface area contributed by atoms with Crippen molar-refractivity contribution in [3.63, 3.8) is 0 Å². The maximum Gasteiger partial charge on any atom is 0.138 e. The van der Waals surface area contributed by atoms with Crippen LogP contribution in [0.15, 0.2) is 30.6 Å². The molecule has 0 saturated heterocycles. The zero-order chi connectivity index (χ0) is 11.0. The van der Waals surface area contributed by atoms with Gasteiger partial charge in [-0.15, -0.1) is 0 Å². The van der Waals surface area contributed by atoms with Gasteiger partial charge in [0.2, 0.25) is 0 Å². The van der Waals surface area contributed by atoms with Gasteiger partial charge >= 0.3 is 0 Å². The molecule has 3 rings (SSSR count). The van der Waals surface area contributed by atoms with Crippen molar-refractivity contribution in [1.29, 1.82) is 0 Å². The zero-order valence-electron chi connectivity index (χ0n) is 9.22. The van der Waals surface area contributed by atoms with E-state index in [2.05, 4.69) is 39.7 Å². The van der Waals surface area contributed by atoms with Gasteiger partial charge in [0.25, 0.3) is 0 Å². The molecule has 0 spiro atoms. The molecule has 0 saturated carbocycles. The smallest absolute Gasteiger partial charge is 0.138 e. The minimum atomic E-state index is 0.513. The third kappa shape index (κ3) is 1.46. The minimum Gasteiger partial charge on any atom is -0.384 e. The summed E-state index contributed by atoms with van der Waals surface area (Å²) >= 11 is 0. The van der Waals surface area contributed by atoms with E-state index in [0.29, 0.717) is 5.92 Å². The van der Waals surface area contributed by atoms with E-state index in [9.17, 15) is 0 Å². The summed E-state index contributed by atoms with van der Waals surface area (Å²) in [6, 6.07) is 8.48. The lowest BCUT2D eigenvalue weighted by atomic mass is 9.98. The second-order valence-corrected chi connectivity index (χ2v) is 4.17. The predicted octanol–water partition coefficient (Wildman–Crippen LogP) is 1.57. The van der Waals surface area contributed by atoms with Crippen molar-refractivity contribution in [2.24, 2.45) is 7.05 Å². The van der Waals surface area contributed by atoms with Crippen LogP contribution >= 0.6 is 0 Å². The number of para-hydroxylation sites is 1. The Hall–Kier alpha value is -1.84. The first-order valence-corrected chi connectivity index (χ1v) is 5.50. The molecule has 2 aromatic rings. The first kappa shape index (κ1) is 9.39. The van der Waals surface area contributed by atoms with Gasteiger partial charge in [0.15, 0.2) is 0 Å². The summed E-state index contributed by atoms with van der Waals surface area (Å²) in [7, 11) is 1.94. The lowest BCUT2D eigenvalue weighted by Gasteiger charge is -2.08. The van der Waals surface area contributed by atoms with Crippen molar-refractivity contribution in [3.8, 4) is 0 Å². The van der Waals surface area contributed by atoms with Crippen molar-refractivity contribution >= 4 is 5.69 Å². The van der Waals surface area contributed by atoms with Gasteiger partial charge in [0.1, 0.15) is 12.2 Å². The fourth-order valence-corrected chi connectivity index (χ4v) is 2.26. The fourth-order valence-electron chi connectivity index (χ4n) is 2.26. The molecule has 0 aliphatic carbocycles. The van der Waals surface area contributed by atoms with Crippen LogP contribution in [0.1, 0.15) is 17.3 Å². The van der Waals surface area contributed by atoms with Crippen LogP contribution in [0.2, 0.25) is 0 Å². The quantitative estimate of drug-likeness (QED) is 0.825. The van der Waals surface area contributed by atoms with E-state index in [1.807, 2.05) is 11.7 Å². The maximum atomic E-state index is 4.28. The average Bonchev–Trinajstić information content (AvgIpc) is 2.88. The van der Waals surface area contributed by atoms with Gasteiger partial charge in [-0.3, -0.25) is 4.68 Å². The third-order valence-electron chi connectivity index (χ3n) is 3.17. The molecule has 1 aliphatic rings. The standard InChI is InChI=1S/C12H14N4/c1-16-12(14-8-15-16)6-9-7-13-11-5-3-2-4-10(9)11/h2-5,8-9,13H,6-7H2,1H3. The number of anilines is 1. The molecule has 16 heavy (non-hydrogen) atoms. The van der Waals surface area contributed by atoms with E-state index in [1.54, 1.807) is 6.33 Å². The molecule has 1 atom stereocenters. The molecular formula is C12H14N4. The molecule has 0 fully saturated rings. The molecule has 4 nitrogen and oxygen atoms in total. The van der Waals surface area contributed by atoms with Crippen LogP contribution in [-0.4, -0.2) is 21.3 Å². The van der Waals surface area contributed by atoms with Crippen LogP contribution in [0.4, 0.5) is 5.69 Å². The van der Waals surface area contributed by atoms with Crippen LogP contribution in [0.5, 0.6) is 0 Å². The van der Waals surface area contributed by atoms with Crippen molar-refractivity contribution in [2.45, 2.75) is 12.3 Å². The molecule has 1 N–H and O–H groups in total. The zero-order valence-corrected chi connectivity index (χ0v) is 9.22. The second-order valence-electron chi connectivity index (χ2n) is 4.17. The van der Waals surface area contributed by atoms with Crippen molar-refractivity contribution in [1.82, 2.24) is 14.8 Å². The fraction of sp³-hybridized carbons (Fsp3) is 0.333. The Morgan fingerprint density at radius 2 is 2.31 bits per heavy atom. The van der Waals surface area contributed by atoms with E-state index >= 15 is 0 Å². The molecule has 0 amide bonds. The van der Waals surface area contributed by atoms with Crippen LogP contribution in [-0.2, 0) is 13.5 Å². The number of hydrogen-bond donors (Lipinski definition) is 1. The van der Waals surface area contributed by atoms with Crippen LogP contribution in [0.25, 0.3) is 0 Å². The van der Waals surface area contributed by atoms with E-state index in [0.717, 1.165) is 18.8 Å². The molecule has 82 valence electrons. The van der Waals surface area contributed by atoms with Crippen LogP contribution in [0, 0.1) is 0 Å². The predicted molar refractivity (Wildman–Crippen MR) is 62.4 cm³/mol. The molecule has 1 aromatic carbocycles. The minimum absolute atomic E-state index is 0.513. The summed E-state index contributed by atoms with van der Waals surface area (Å²) in [5, 5.41) is 7.52. The molecule has 1 unspecified atom stereocenters. The molecule has 4 heteroatoms. The molecule has 0 bridgehead atoms. The van der Waals surface area contributed by atoms with Crippen molar-refractivity contribution in [2.75, 3.05) is 11.9 Å². The number of rotatable bonds is 2. The van der Waals surface area contributed by atoms with E-state index in [-0.39, 0.29) is 0 Å². The highest BCUT2D eigenvalue weighted by molar-refractivity contribution is 5.57. The highest BCUT2D eigenvalue weighted by atomic mass is 15.3. The summed E-state index contributed by atoms with van der Waals surface area (Å²) in [5.74, 6) is 1.56. The average molecular weight is 214 g/mol. The molecule has 1 aliphatic heterocycles. The summed E-state index contributed by atoms with van der Waals surface area (Å²) in [6.45, 7) is 0.992. The highest BCUT2D eigenvalue weighted by Crippen LogP contribution is 2.32. The summed E-state index contributed by atoms with van der Waals surface area (Å²) < 4.78 is 1.85. The molecule has 0 radical (unpaired) electrons. The SMILES string of the molecule is Cn1ncnc1CC1CNc2ccccc21. The second kappa shape index (κ2) is 3.63. The number of benzene rings is 1. The van der Waals surface area contributed by atoms with Crippen LogP contribution in [0.3, 0.4) is 0 Å². The number of hydrogen-bond acceptors (Lipinski definition) is 3. The van der Waals surface area contributed by atoms with Gasteiger partial charge in [-0.2, -0.15) is 5.10 Å². The number of fused-ring (bicyclic) bond motifs is 1. The topological polar surface area (TPSA) is 42.7 Å².